The molecule has 2 rings (SSSR count). The highest BCUT2D eigenvalue weighted by Gasteiger charge is 2.05. The lowest BCUT2D eigenvalue weighted by Crippen LogP contribution is -2.23. The van der Waals surface area contributed by atoms with Gasteiger partial charge >= 0.3 is 0 Å². The number of hydrogen-bond donors (Lipinski definition) is 4. The van der Waals surface area contributed by atoms with Gasteiger partial charge in [0.2, 0.25) is 0 Å². The Morgan fingerprint density at radius 2 is 2.30 bits per heavy atom. The minimum absolute atomic E-state index is 0.0304. The van der Waals surface area contributed by atoms with Crippen molar-refractivity contribution in [1.82, 2.24) is 4.98 Å². The number of nitrogens with two attached hydrogens (primary N) is 2. The van der Waals surface area contributed by atoms with Crippen molar-refractivity contribution < 1.29 is 5.11 Å². The molecule has 6 nitrogen and oxygen atoms in total. The van der Waals surface area contributed by atoms with Gasteiger partial charge in [0, 0.05) is 17.5 Å². The van der Waals surface area contributed by atoms with Crippen LogP contribution >= 0.6 is 11.3 Å². The third-order valence-corrected chi connectivity index (χ3v) is 3.34. The van der Waals surface area contributed by atoms with Crippen LogP contribution in [0.4, 0.5) is 5.13 Å². The summed E-state index contributed by atoms with van der Waals surface area (Å²) in [5.74, 6) is 0.246. The number of anilines is 1. The number of aliphatic imine (C=N–C) groups is 1. The Morgan fingerprint density at radius 1 is 1.45 bits per heavy atom. The molecule has 0 bridgehead atoms. The number of aromatic nitrogens is 1. The van der Waals surface area contributed by atoms with E-state index >= 15 is 0 Å². The Labute approximate surface area is 121 Å². The van der Waals surface area contributed by atoms with Gasteiger partial charge in [-0.25, -0.2) is 4.98 Å². The van der Waals surface area contributed by atoms with Gasteiger partial charge in [-0.1, -0.05) is 18.2 Å². The molecule has 0 saturated carbocycles. The summed E-state index contributed by atoms with van der Waals surface area (Å²) >= 11 is 1.44. The summed E-state index contributed by atoms with van der Waals surface area (Å²) in [7, 11) is 0. The van der Waals surface area contributed by atoms with Crippen LogP contribution in [0.15, 0.2) is 34.6 Å². The van der Waals surface area contributed by atoms with Crippen LogP contribution in [0.1, 0.15) is 5.56 Å². The topological polar surface area (TPSA) is 110 Å². The zero-order valence-electron chi connectivity index (χ0n) is 10.9. The molecule has 106 valence electrons. The number of hydrogen-bond acceptors (Lipinski definition) is 5. The molecule has 1 heterocycles. The van der Waals surface area contributed by atoms with Gasteiger partial charge < -0.3 is 21.9 Å². The fourth-order valence-electron chi connectivity index (χ4n) is 1.64. The number of benzene rings is 1. The smallest absolute Gasteiger partial charge is 0.195 e. The van der Waals surface area contributed by atoms with E-state index in [0.29, 0.717) is 11.7 Å². The highest BCUT2D eigenvalue weighted by atomic mass is 32.1. The fourth-order valence-corrected chi connectivity index (χ4v) is 2.37. The molecule has 0 fully saturated rings. The first-order valence-corrected chi connectivity index (χ1v) is 7.03. The summed E-state index contributed by atoms with van der Waals surface area (Å²) in [4.78, 5) is 8.38. The Hall–Kier alpha value is -1.96. The number of aliphatic hydroxyl groups excluding tert-OH is 1. The average molecular weight is 291 g/mol. The van der Waals surface area contributed by atoms with E-state index in [9.17, 15) is 0 Å². The van der Waals surface area contributed by atoms with Crippen molar-refractivity contribution in [3.05, 3.63) is 35.2 Å². The van der Waals surface area contributed by atoms with Crippen molar-refractivity contribution in [1.29, 1.82) is 0 Å². The summed E-state index contributed by atoms with van der Waals surface area (Å²) in [5.41, 5.74) is 14.2. The van der Waals surface area contributed by atoms with Crippen LogP contribution < -0.4 is 16.8 Å². The number of guanidine groups is 1. The Morgan fingerprint density at radius 3 is 3.05 bits per heavy atom. The van der Waals surface area contributed by atoms with Crippen LogP contribution in [-0.2, 0) is 6.54 Å². The molecule has 1 aromatic carbocycles. The first-order chi connectivity index (χ1) is 9.72. The number of nitrogens with one attached hydrogen (secondary N) is 1. The molecule has 0 amide bonds. The van der Waals surface area contributed by atoms with E-state index in [-0.39, 0.29) is 19.1 Å². The van der Waals surface area contributed by atoms with E-state index in [4.69, 9.17) is 16.6 Å². The van der Waals surface area contributed by atoms with Gasteiger partial charge in [0.05, 0.1) is 18.8 Å². The number of thiazole rings is 1. The summed E-state index contributed by atoms with van der Waals surface area (Å²) in [6.07, 6.45) is 0. The lowest BCUT2D eigenvalue weighted by atomic mass is 10.1. The predicted octanol–water partition coefficient (Wildman–Crippen LogP) is 0.988. The minimum Gasteiger partial charge on any atom is -0.394 e. The third-order valence-electron chi connectivity index (χ3n) is 2.58. The number of nitrogens with zero attached hydrogens (tertiary/aromatic N) is 2. The van der Waals surface area contributed by atoms with E-state index < -0.39 is 0 Å². The highest BCUT2D eigenvalue weighted by Crippen LogP contribution is 2.25. The second-order valence-electron chi connectivity index (χ2n) is 4.06. The standard InChI is InChI=1S/C13H17N5OS/c14-7-9-2-1-3-10(6-9)11-8-20-13(17-11)18-12(15)16-4-5-19/h1-3,6,8,19H,4-5,7,14H2,(H3,15,16,17,18). The molecule has 6 N–H and O–H groups in total. The lowest BCUT2D eigenvalue weighted by molar-refractivity contribution is 0.307. The van der Waals surface area contributed by atoms with Crippen LogP contribution in [0.2, 0.25) is 0 Å². The van der Waals surface area contributed by atoms with Gasteiger partial charge in [-0.3, -0.25) is 4.99 Å². The molecule has 0 radical (unpaired) electrons. The molecule has 0 aliphatic heterocycles. The monoisotopic (exact) mass is 291 g/mol. The Bertz CT molecular complexity index is 596. The highest BCUT2D eigenvalue weighted by molar-refractivity contribution is 7.14. The summed E-state index contributed by atoms with van der Waals surface area (Å²) in [5, 5.41) is 14.2. The quantitative estimate of drug-likeness (QED) is 0.485. The Balaban J connectivity index is 2.12. The second kappa shape index (κ2) is 6.99. The first kappa shape index (κ1) is 14.4. The molecule has 0 aliphatic carbocycles. The van der Waals surface area contributed by atoms with Gasteiger partial charge in [0.15, 0.2) is 11.1 Å². The molecule has 7 heteroatoms. The fraction of sp³-hybridized carbons (Fsp3) is 0.231. The van der Waals surface area contributed by atoms with Crippen LogP contribution in [-0.4, -0.2) is 29.2 Å². The zero-order valence-corrected chi connectivity index (χ0v) is 11.7. The normalized spacial score (nSPS) is 11.6. The molecule has 20 heavy (non-hydrogen) atoms. The zero-order chi connectivity index (χ0) is 14.4. The molecule has 1 aromatic heterocycles. The summed E-state index contributed by atoms with van der Waals surface area (Å²) < 4.78 is 0. The van der Waals surface area contributed by atoms with Gasteiger partial charge in [-0.2, -0.15) is 0 Å². The van der Waals surface area contributed by atoms with Crippen molar-refractivity contribution in [3.63, 3.8) is 0 Å². The van der Waals surface area contributed by atoms with Gasteiger partial charge in [0.1, 0.15) is 0 Å². The molecular weight excluding hydrogens is 274 g/mol. The van der Waals surface area contributed by atoms with Crippen molar-refractivity contribution in [2.24, 2.45) is 16.5 Å². The van der Waals surface area contributed by atoms with Gasteiger partial charge in [0.25, 0.3) is 0 Å². The van der Waals surface area contributed by atoms with Crippen LogP contribution in [0.25, 0.3) is 11.3 Å². The average Bonchev–Trinajstić information content (AvgIpc) is 2.93. The van der Waals surface area contributed by atoms with Crippen LogP contribution in [0, 0.1) is 0 Å². The van der Waals surface area contributed by atoms with Crippen molar-refractivity contribution >= 4 is 22.4 Å². The molecule has 0 saturated heterocycles. The van der Waals surface area contributed by atoms with Crippen molar-refractivity contribution in [2.75, 3.05) is 18.5 Å². The molecule has 0 atom stereocenters. The van der Waals surface area contributed by atoms with E-state index in [2.05, 4.69) is 15.3 Å². The molecule has 0 aliphatic rings. The van der Waals surface area contributed by atoms with Crippen molar-refractivity contribution in [2.45, 2.75) is 6.54 Å². The molecule has 0 unspecified atom stereocenters. The maximum atomic E-state index is 8.67. The SMILES string of the molecule is NCc1cccc(-c2csc(NC(N)=NCCO)n2)c1. The third kappa shape index (κ3) is 3.77. The summed E-state index contributed by atoms with van der Waals surface area (Å²) in [6, 6.07) is 7.94. The summed E-state index contributed by atoms with van der Waals surface area (Å²) in [6.45, 7) is 0.747. The number of rotatable bonds is 5. The Kier molecular flexibility index (Phi) is 5.05. The maximum Gasteiger partial charge on any atom is 0.195 e. The first-order valence-electron chi connectivity index (χ1n) is 6.15. The van der Waals surface area contributed by atoms with Crippen LogP contribution in [0.3, 0.4) is 0 Å². The largest absolute Gasteiger partial charge is 0.394 e. The molecule has 2 aromatic rings. The molecular formula is C13H17N5OS. The van der Waals surface area contributed by atoms with E-state index in [1.54, 1.807) is 0 Å². The number of aliphatic hydroxyl groups is 1. The van der Waals surface area contributed by atoms with E-state index in [1.165, 1.54) is 11.3 Å². The minimum atomic E-state index is -0.0304. The molecule has 0 spiro atoms. The van der Waals surface area contributed by atoms with Crippen molar-refractivity contribution in [3.8, 4) is 11.3 Å². The van der Waals surface area contributed by atoms with E-state index in [1.807, 2.05) is 29.6 Å². The lowest BCUT2D eigenvalue weighted by Gasteiger charge is -2.01. The maximum absolute atomic E-state index is 8.67. The second-order valence-corrected chi connectivity index (χ2v) is 4.92. The van der Waals surface area contributed by atoms with Gasteiger partial charge in [-0.05, 0) is 11.6 Å². The van der Waals surface area contributed by atoms with E-state index in [0.717, 1.165) is 16.8 Å². The predicted molar refractivity (Wildman–Crippen MR) is 82.6 cm³/mol. The van der Waals surface area contributed by atoms with Gasteiger partial charge in [-0.15, -0.1) is 11.3 Å². The van der Waals surface area contributed by atoms with Crippen LogP contribution in [0.5, 0.6) is 0 Å².